The second-order valence-electron chi connectivity index (χ2n) is 5.24. The molecular weight excluding hydrogens is 278 g/mol. The van der Waals surface area contributed by atoms with Gasteiger partial charge in [-0.1, -0.05) is 0 Å². The van der Waals surface area contributed by atoms with Gasteiger partial charge in [-0.25, -0.2) is 4.98 Å². The number of H-pyrrole nitrogens is 1. The van der Waals surface area contributed by atoms with Gasteiger partial charge in [-0.2, -0.15) is 5.10 Å². The van der Waals surface area contributed by atoms with Crippen LogP contribution in [0.3, 0.4) is 0 Å². The van der Waals surface area contributed by atoms with Gasteiger partial charge in [0.05, 0.1) is 18.2 Å². The number of nitrogens with two attached hydrogens (primary N) is 1. The van der Waals surface area contributed by atoms with E-state index in [0.29, 0.717) is 5.82 Å². The number of aromatic nitrogens is 3. The standard InChI is InChI=1S/C16H15N5O/c1-18-7-11-14(13-3-2-6-22-13)9-4-5-12-10(8-19-21-12)15(9)20-16(11)17/h2-3,6-8H,4-5H2,1H3,(H2,17,20)(H,19,21). The van der Waals surface area contributed by atoms with E-state index in [1.54, 1.807) is 25.7 Å². The van der Waals surface area contributed by atoms with E-state index in [9.17, 15) is 0 Å². The number of furan rings is 1. The van der Waals surface area contributed by atoms with Crippen LogP contribution in [0.1, 0.15) is 16.8 Å². The largest absolute Gasteiger partial charge is 0.464 e. The molecule has 4 rings (SSSR count). The van der Waals surface area contributed by atoms with Crippen LogP contribution in [0.25, 0.3) is 22.6 Å². The fraction of sp³-hybridized carbons (Fsp3) is 0.188. The lowest BCUT2D eigenvalue weighted by atomic mass is 9.87. The molecule has 0 aromatic carbocycles. The summed E-state index contributed by atoms with van der Waals surface area (Å²) >= 11 is 0. The summed E-state index contributed by atoms with van der Waals surface area (Å²) in [5.74, 6) is 1.23. The van der Waals surface area contributed by atoms with Crippen LogP contribution in [0.5, 0.6) is 0 Å². The Morgan fingerprint density at radius 1 is 1.41 bits per heavy atom. The molecule has 0 saturated carbocycles. The van der Waals surface area contributed by atoms with Crippen molar-refractivity contribution in [2.24, 2.45) is 4.99 Å². The number of aryl methyl sites for hydroxylation is 1. The molecule has 6 nitrogen and oxygen atoms in total. The van der Waals surface area contributed by atoms with E-state index in [1.807, 2.05) is 12.1 Å². The summed E-state index contributed by atoms with van der Waals surface area (Å²) < 4.78 is 5.63. The van der Waals surface area contributed by atoms with Crippen LogP contribution in [0.4, 0.5) is 5.82 Å². The average Bonchev–Trinajstić information content (AvgIpc) is 3.19. The van der Waals surface area contributed by atoms with Crippen molar-refractivity contribution in [1.29, 1.82) is 0 Å². The van der Waals surface area contributed by atoms with Gasteiger partial charge in [0.1, 0.15) is 11.6 Å². The molecule has 1 aliphatic carbocycles. The van der Waals surface area contributed by atoms with Crippen LogP contribution in [-0.4, -0.2) is 28.4 Å². The number of rotatable bonds is 2. The Kier molecular flexibility index (Phi) is 2.82. The maximum absolute atomic E-state index is 6.19. The third kappa shape index (κ3) is 1.77. The Bertz CT molecular complexity index is 861. The molecule has 0 spiro atoms. The number of anilines is 1. The summed E-state index contributed by atoms with van der Waals surface area (Å²) in [6.45, 7) is 0. The van der Waals surface area contributed by atoms with Crippen LogP contribution in [0, 0.1) is 0 Å². The van der Waals surface area contributed by atoms with Crippen molar-refractivity contribution in [3.63, 3.8) is 0 Å². The van der Waals surface area contributed by atoms with Gasteiger partial charge in [0.15, 0.2) is 0 Å². The third-order valence-corrected chi connectivity index (χ3v) is 3.99. The van der Waals surface area contributed by atoms with Crippen LogP contribution < -0.4 is 5.73 Å². The zero-order valence-corrected chi connectivity index (χ0v) is 12.1. The molecule has 0 aliphatic heterocycles. The van der Waals surface area contributed by atoms with E-state index < -0.39 is 0 Å². The average molecular weight is 293 g/mol. The van der Waals surface area contributed by atoms with E-state index in [4.69, 9.17) is 10.2 Å². The van der Waals surface area contributed by atoms with Crippen molar-refractivity contribution >= 4 is 12.0 Å². The first kappa shape index (κ1) is 12.8. The molecule has 3 N–H and O–H groups in total. The molecule has 6 heteroatoms. The molecule has 110 valence electrons. The lowest BCUT2D eigenvalue weighted by molar-refractivity contribution is 0.581. The number of hydrogen-bond donors (Lipinski definition) is 2. The summed E-state index contributed by atoms with van der Waals surface area (Å²) in [6, 6.07) is 3.81. The molecular formula is C16H15N5O. The topological polar surface area (TPSA) is 93.1 Å². The van der Waals surface area contributed by atoms with Gasteiger partial charge in [0.25, 0.3) is 0 Å². The Morgan fingerprint density at radius 3 is 3.09 bits per heavy atom. The highest BCUT2D eigenvalue weighted by Gasteiger charge is 2.26. The van der Waals surface area contributed by atoms with Crippen LogP contribution in [0.15, 0.2) is 34.0 Å². The number of nitrogens with one attached hydrogen (secondary N) is 1. The first-order chi connectivity index (χ1) is 10.8. The highest BCUT2D eigenvalue weighted by Crippen LogP contribution is 2.40. The Balaban J connectivity index is 2.07. The Morgan fingerprint density at radius 2 is 2.32 bits per heavy atom. The summed E-state index contributed by atoms with van der Waals surface area (Å²) in [6.07, 6.45) is 6.96. The molecule has 1 aliphatic rings. The minimum absolute atomic E-state index is 0.449. The minimum Gasteiger partial charge on any atom is -0.464 e. The fourth-order valence-corrected chi connectivity index (χ4v) is 3.04. The van der Waals surface area contributed by atoms with E-state index in [0.717, 1.165) is 52.2 Å². The third-order valence-electron chi connectivity index (χ3n) is 3.99. The smallest absolute Gasteiger partial charge is 0.135 e. The van der Waals surface area contributed by atoms with Gasteiger partial charge < -0.3 is 10.2 Å². The maximum Gasteiger partial charge on any atom is 0.135 e. The number of hydrogen-bond acceptors (Lipinski definition) is 5. The van der Waals surface area contributed by atoms with E-state index in [2.05, 4.69) is 20.2 Å². The Hall–Kier alpha value is -2.89. The van der Waals surface area contributed by atoms with Crippen molar-refractivity contribution in [1.82, 2.24) is 15.2 Å². The van der Waals surface area contributed by atoms with Crippen molar-refractivity contribution < 1.29 is 4.42 Å². The second kappa shape index (κ2) is 4.84. The molecule has 0 amide bonds. The zero-order valence-electron chi connectivity index (χ0n) is 12.1. The first-order valence-electron chi connectivity index (χ1n) is 7.10. The number of nitrogens with zero attached hydrogens (tertiary/aromatic N) is 3. The number of aromatic amines is 1. The van der Waals surface area contributed by atoms with E-state index in [1.165, 1.54) is 0 Å². The minimum atomic E-state index is 0.449. The van der Waals surface area contributed by atoms with Crippen molar-refractivity contribution in [2.75, 3.05) is 12.8 Å². The molecule has 3 heterocycles. The first-order valence-corrected chi connectivity index (χ1v) is 7.10. The van der Waals surface area contributed by atoms with E-state index >= 15 is 0 Å². The monoisotopic (exact) mass is 293 g/mol. The van der Waals surface area contributed by atoms with Crippen LogP contribution in [-0.2, 0) is 12.8 Å². The predicted molar refractivity (Wildman–Crippen MR) is 84.9 cm³/mol. The normalized spacial score (nSPS) is 13.3. The predicted octanol–water partition coefficient (Wildman–Crippen LogP) is 2.46. The van der Waals surface area contributed by atoms with Gasteiger partial charge in [0.2, 0.25) is 0 Å². The lowest BCUT2D eigenvalue weighted by Gasteiger charge is -2.20. The molecule has 0 unspecified atom stereocenters. The summed E-state index contributed by atoms with van der Waals surface area (Å²) in [5.41, 5.74) is 12.1. The SMILES string of the molecule is CN=Cc1c(N)nc2c(c1-c1ccco1)CCc1[nH]ncc1-2. The number of fused-ring (bicyclic) bond motifs is 3. The number of pyridine rings is 1. The molecule has 0 atom stereocenters. The summed E-state index contributed by atoms with van der Waals surface area (Å²) in [5, 5.41) is 7.16. The van der Waals surface area contributed by atoms with Gasteiger partial charge >= 0.3 is 0 Å². The molecule has 3 aromatic rings. The maximum atomic E-state index is 6.19. The van der Waals surface area contributed by atoms with Crippen LogP contribution in [0.2, 0.25) is 0 Å². The summed E-state index contributed by atoms with van der Waals surface area (Å²) in [7, 11) is 1.72. The quantitative estimate of drug-likeness (QED) is 0.710. The van der Waals surface area contributed by atoms with Gasteiger partial charge in [0, 0.05) is 35.6 Å². The van der Waals surface area contributed by atoms with E-state index in [-0.39, 0.29) is 0 Å². The highest BCUT2D eigenvalue weighted by molar-refractivity contribution is 5.97. The molecule has 3 aromatic heterocycles. The lowest BCUT2D eigenvalue weighted by Crippen LogP contribution is -2.11. The molecule has 0 fully saturated rings. The van der Waals surface area contributed by atoms with Crippen molar-refractivity contribution in [3.8, 4) is 22.6 Å². The van der Waals surface area contributed by atoms with Crippen LogP contribution >= 0.6 is 0 Å². The molecule has 0 radical (unpaired) electrons. The van der Waals surface area contributed by atoms with Gasteiger partial charge in [-0.15, -0.1) is 0 Å². The van der Waals surface area contributed by atoms with Crippen molar-refractivity contribution in [2.45, 2.75) is 12.8 Å². The molecule has 0 saturated heterocycles. The Labute approximate surface area is 127 Å². The summed E-state index contributed by atoms with van der Waals surface area (Å²) in [4.78, 5) is 8.72. The molecule has 22 heavy (non-hydrogen) atoms. The van der Waals surface area contributed by atoms with Crippen molar-refractivity contribution in [3.05, 3.63) is 41.4 Å². The number of nitrogen functional groups attached to an aromatic ring is 1. The van der Waals surface area contributed by atoms with Gasteiger partial charge in [-0.3, -0.25) is 10.1 Å². The molecule has 0 bridgehead atoms. The fourth-order valence-electron chi connectivity index (χ4n) is 3.04. The second-order valence-corrected chi connectivity index (χ2v) is 5.24. The van der Waals surface area contributed by atoms with Gasteiger partial charge in [-0.05, 0) is 30.5 Å². The highest BCUT2D eigenvalue weighted by atomic mass is 16.3. The number of aliphatic imine (C=N–C) groups is 1. The zero-order chi connectivity index (χ0) is 15.1.